The van der Waals surface area contributed by atoms with Crippen LogP contribution in [0.15, 0.2) is 24.3 Å². The molecule has 2 amide bonds. The third-order valence-electron chi connectivity index (χ3n) is 2.51. The molecule has 0 fully saturated rings. The van der Waals surface area contributed by atoms with Gasteiger partial charge in [-0.25, -0.2) is 4.79 Å². The van der Waals surface area contributed by atoms with E-state index in [1.807, 2.05) is 24.3 Å². The maximum Gasteiger partial charge on any atom is 0.316 e. The van der Waals surface area contributed by atoms with E-state index in [2.05, 4.69) is 17.6 Å². The molecule has 6 N–H and O–H groups in total. The largest absolute Gasteiger partial charge is 0.351 e. The standard InChI is InChI=1S/C12H20N4O/c1-9(15-8-2-7-13)10-3-5-11(6-4-10)16-12(14)17/h3-6,9,15H,2,7-8,13H2,1H3,(H3,14,16,17). The Morgan fingerprint density at radius 3 is 2.53 bits per heavy atom. The van der Waals surface area contributed by atoms with E-state index in [-0.39, 0.29) is 6.04 Å². The van der Waals surface area contributed by atoms with Crippen LogP contribution in [0.5, 0.6) is 0 Å². The minimum absolute atomic E-state index is 0.268. The van der Waals surface area contributed by atoms with E-state index in [1.54, 1.807) is 0 Å². The van der Waals surface area contributed by atoms with E-state index in [1.165, 1.54) is 0 Å². The number of anilines is 1. The van der Waals surface area contributed by atoms with Crippen LogP contribution in [0.25, 0.3) is 0 Å². The minimum atomic E-state index is -0.549. The lowest BCUT2D eigenvalue weighted by Gasteiger charge is -2.14. The molecule has 0 saturated carbocycles. The number of primary amides is 1. The predicted octanol–water partition coefficient (Wildman–Crippen LogP) is 1.18. The molecule has 0 radical (unpaired) electrons. The molecule has 94 valence electrons. The van der Waals surface area contributed by atoms with Crippen LogP contribution in [-0.2, 0) is 0 Å². The molecule has 5 heteroatoms. The second-order valence-electron chi connectivity index (χ2n) is 3.93. The van der Waals surface area contributed by atoms with Gasteiger partial charge in [0.05, 0.1) is 0 Å². The van der Waals surface area contributed by atoms with Crippen LogP contribution in [0.4, 0.5) is 10.5 Å². The van der Waals surface area contributed by atoms with Crippen molar-refractivity contribution in [2.24, 2.45) is 11.5 Å². The predicted molar refractivity (Wildman–Crippen MR) is 69.7 cm³/mol. The monoisotopic (exact) mass is 236 g/mol. The Labute approximate surface area is 102 Å². The molecular weight excluding hydrogens is 216 g/mol. The van der Waals surface area contributed by atoms with Crippen molar-refractivity contribution in [3.63, 3.8) is 0 Å². The van der Waals surface area contributed by atoms with Crippen molar-refractivity contribution in [1.82, 2.24) is 5.32 Å². The fourth-order valence-corrected chi connectivity index (χ4v) is 1.54. The molecule has 0 saturated heterocycles. The third kappa shape index (κ3) is 4.84. The van der Waals surface area contributed by atoms with Gasteiger partial charge < -0.3 is 22.1 Å². The zero-order valence-electron chi connectivity index (χ0n) is 10.1. The average molecular weight is 236 g/mol. The smallest absolute Gasteiger partial charge is 0.316 e. The Hall–Kier alpha value is -1.59. The van der Waals surface area contributed by atoms with Gasteiger partial charge in [0.1, 0.15) is 0 Å². The molecule has 0 aromatic heterocycles. The number of nitrogens with one attached hydrogen (secondary N) is 2. The van der Waals surface area contributed by atoms with Crippen LogP contribution in [0.2, 0.25) is 0 Å². The Morgan fingerprint density at radius 2 is 2.00 bits per heavy atom. The zero-order valence-corrected chi connectivity index (χ0v) is 10.1. The molecule has 0 spiro atoms. The summed E-state index contributed by atoms with van der Waals surface area (Å²) in [6.07, 6.45) is 0.964. The highest BCUT2D eigenvalue weighted by Crippen LogP contribution is 2.15. The van der Waals surface area contributed by atoms with Gasteiger partial charge in [0.2, 0.25) is 0 Å². The summed E-state index contributed by atoms with van der Waals surface area (Å²) in [4.78, 5) is 10.6. The van der Waals surface area contributed by atoms with Crippen LogP contribution >= 0.6 is 0 Å². The number of carbonyl (C=O) groups excluding carboxylic acids is 1. The number of amides is 2. The maximum atomic E-state index is 10.6. The SMILES string of the molecule is CC(NCCCN)c1ccc(NC(N)=O)cc1. The first-order valence-electron chi connectivity index (χ1n) is 5.73. The molecule has 0 aliphatic rings. The quantitative estimate of drug-likeness (QED) is 0.559. The lowest BCUT2D eigenvalue weighted by Crippen LogP contribution is -2.22. The maximum absolute atomic E-state index is 10.6. The first kappa shape index (κ1) is 13.5. The third-order valence-corrected chi connectivity index (χ3v) is 2.51. The molecule has 17 heavy (non-hydrogen) atoms. The van der Waals surface area contributed by atoms with Crippen molar-refractivity contribution in [1.29, 1.82) is 0 Å². The summed E-state index contributed by atoms with van der Waals surface area (Å²) >= 11 is 0. The number of benzene rings is 1. The normalized spacial score (nSPS) is 12.1. The van der Waals surface area contributed by atoms with Crippen molar-refractivity contribution in [2.45, 2.75) is 19.4 Å². The second-order valence-corrected chi connectivity index (χ2v) is 3.93. The number of nitrogens with two attached hydrogens (primary N) is 2. The lowest BCUT2D eigenvalue weighted by atomic mass is 10.1. The average Bonchev–Trinajstić information content (AvgIpc) is 2.29. The number of hydrogen-bond acceptors (Lipinski definition) is 3. The van der Waals surface area contributed by atoms with E-state index in [0.29, 0.717) is 12.2 Å². The molecule has 5 nitrogen and oxygen atoms in total. The van der Waals surface area contributed by atoms with E-state index in [0.717, 1.165) is 18.5 Å². The van der Waals surface area contributed by atoms with Gasteiger partial charge in [-0.3, -0.25) is 0 Å². The summed E-state index contributed by atoms with van der Waals surface area (Å²) in [5.74, 6) is 0. The minimum Gasteiger partial charge on any atom is -0.351 e. The van der Waals surface area contributed by atoms with E-state index in [4.69, 9.17) is 11.5 Å². The van der Waals surface area contributed by atoms with Crippen LogP contribution in [0, 0.1) is 0 Å². The summed E-state index contributed by atoms with van der Waals surface area (Å²) in [6, 6.07) is 7.31. The topological polar surface area (TPSA) is 93.2 Å². The Bertz CT molecular complexity index is 350. The first-order valence-corrected chi connectivity index (χ1v) is 5.73. The van der Waals surface area contributed by atoms with E-state index >= 15 is 0 Å². The van der Waals surface area contributed by atoms with E-state index in [9.17, 15) is 4.79 Å². The van der Waals surface area contributed by atoms with Crippen molar-refractivity contribution in [3.8, 4) is 0 Å². The fraction of sp³-hybridized carbons (Fsp3) is 0.417. The van der Waals surface area contributed by atoms with Gasteiger partial charge in [-0.05, 0) is 44.1 Å². The number of hydrogen-bond donors (Lipinski definition) is 4. The van der Waals surface area contributed by atoms with Gasteiger partial charge in [-0.2, -0.15) is 0 Å². The summed E-state index contributed by atoms with van der Waals surface area (Å²) in [7, 11) is 0. The molecule has 1 atom stereocenters. The Kier molecular flexibility index (Phi) is 5.45. The zero-order chi connectivity index (χ0) is 12.7. The van der Waals surface area contributed by atoms with E-state index < -0.39 is 6.03 Å². The highest BCUT2D eigenvalue weighted by Gasteiger charge is 2.04. The number of carbonyl (C=O) groups is 1. The number of urea groups is 1. The first-order chi connectivity index (χ1) is 8.13. The molecule has 1 aromatic carbocycles. The van der Waals surface area contributed by atoms with Crippen LogP contribution in [0.1, 0.15) is 24.9 Å². The summed E-state index contributed by atoms with van der Waals surface area (Å²) in [5, 5.41) is 5.89. The highest BCUT2D eigenvalue weighted by molar-refractivity contribution is 5.87. The number of rotatable bonds is 6. The van der Waals surface area contributed by atoms with Gasteiger partial charge in [-0.1, -0.05) is 12.1 Å². The van der Waals surface area contributed by atoms with Gasteiger partial charge >= 0.3 is 6.03 Å². The Balaban J connectivity index is 2.51. The molecule has 1 unspecified atom stereocenters. The molecule has 0 heterocycles. The van der Waals surface area contributed by atoms with Crippen LogP contribution < -0.4 is 22.1 Å². The lowest BCUT2D eigenvalue weighted by molar-refractivity contribution is 0.259. The van der Waals surface area contributed by atoms with Crippen molar-refractivity contribution >= 4 is 11.7 Å². The highest BCUT2D eigenvalue weighted by atomic mass is 16.2. The molecule has 1 rings (SSSR count). The van der Waals surface area contributed by atoms with Crippen molar-refractivity contribution < 1.29 is 4.79 Å². The van der Waals surface area contributed by atoms with Crippen molar-refractivity contribution in [2.75, 3.05) is 18.4 Å². The molecule has 1 aromatic rings. The second kappa shape index (κ2) is 6.88. The Morgan fingerprint density at radius 1 is 1.35 bits per heavy atom. The van der Waals surface area contributed by atoms with Gasteiger partial charge in [-0.15, -0.1) is 0 Å². The van der Waals surface area contributed by atoms with Crippen LogP contribution in [0.3, 0.4) is 0 Å². The fourth-order valence-electron chi connectivity index (χ4n) is 1.54. The molecule has 0 aliphatic carbocycles. The summed E-state index contributed by atoms with van der Waals surface area (Å²) < 4.78 is 0. The molecular formula is C12H20N4O. The van der Waals surface area contributed by atoms with Crippen molar-refractivity contribution in [3.05, 3.63) is 29.8 Å². The van der Waals surface area contributed by atoms with Gasteiger partial charge in [0, 0.05) is 11.7 Å². The van der Waals surface area contributed by atoms with Gasteiger partial charge in [0.15, 0.2) is 0 Å². The summed E-state index contributed by atoms with van der Waals surface area (Å²) in [6.45, 7) is 3.69. The van der Waals surface area contributed by atoms with Crippen LogP contribution in [-0.4, -0.2) is 19.1 Å². The summed E-state index contributed by atoms with van der Waals surface area (Å²) in [5.41, 5.74) is 12.3. The molecule has 0 bridgehead atoms. The molecule has 0 aliphatic heterocycles. The van der Waals surface area contributed by atoms with Gasteiger partial charge in [0.25, 0.3) is 0 Å².